The maximum atomic E-state index is 13.7. The minimum absolute atomic E-state index is 0. The topological polar surface area (TPSA) is 46.4 Å². The minimum atomic E-state index is -0.595. The van der Waals surface area contributed by atoms with Crippen LogP contribution in [0, 0.1) is 6.57 Å². The highest BCUT2D eigenvalue weighted by molar-refractivity contribution is 6.20. The first kappa shape index (κ1) is 32.1. The third-order valence-corrected chi connectivity index (χ3v) is 9.07. The zero-order valence-corrected chi connectivity index (χ0v) is 26.9. The van der Waals surface area contributed by atoms with Gasteiger partial charge in [-0.1, -0.05) is 51.1 Å². The van der Waals surface area contributed by atoms with E-state index in [-0.39, 0.29) is 18.4 Å². The van der Waals surface area contributed by atoms with E-state index in [1.807, 2.05) is 32.9 Å². The minimum Gasteiger partial charge on any atom is -0.456 e. The summed E-state index contributed by atoms with van der Waals surface area (Å²) >= 11 is 0. The molecule has 0 atom stereocenters. The SMILES string of the molecule is Cl.[C-]#[N+]c1ccc2c(c1)CC(C(C)(C)c1ccc(CC)c(N3CCC(N4CCOCC4)CC3)c1)=C2C(=O)OC(C)(C)C. The van der Waals surface area contributed by atoms with Crippen molar-refractivity contribution < 1.29 is 14.3 Å². The summed E-state index contributed by atoms with van der Waals surface area (Å²) in [4.78, 5) is 22.5. The second-order valence-corrected chi connectivity index (χ2v) is 13.2. The summed E-state index contributed by atoms with van der Waals surface area (Å²) in [7, 11) is 0. The van der Waals surface area contributed by atoms with Gasteiger partial charge in [0.15, 0.2) is 5.69 Å². The van der Waals surface area contributed by atoms with Gasteiger partial charge < -0.3 is 14.4 Å². The van der Waals surface area contributed by atoms with Crippen LogP contribution in [0.1, 0.15) is 76.6 Å². The number of esters is 1. The van der Waals surface area contributed by atoms with Gasteiger partial charge in [0.25, 0.3) is 0 Å². The standard InChI is InChI=1S/C35H45N3O3.ClH/c1-8-24-9-10-26(23-31(24)38-15-13-28(14-16-38)37-17-19-40-20-18-37)35(5,6)30-22-25-21-27(36-7)11-12-29(25)32(30)33(39)41-34(2,3)4;/h9-12,21,23,28H,8,13-20,22H2,1-6H3;1H. The molecule has 2 aromatic rings. The van der Waals surface area contributed by atoms with Crippen molar-refractivity contribution in [3.8, 4) is 0 Å². The van der Waals surface area contributed by atoms with E-state index < -0.39 is 11.0 Å². The Labute approximate surface area is 258 Å². The number of hydrogen-bond donors (Lipinski definition) is 0. The Balaban J connectivity index is 0.00000405. The van der Waals surface area contributed by atoms with E-state index in [2.05, 4.69) is 53.6 Å². The summed E-state index contributed by atoms with van der Waals surface area (Å²) in [5.74, 6) is -0.287. The number of aryl methyl sites for hydroxylation is 1. The van der Waals surface area contributed by atoms with Crippen LogP contribution in [-0.4, -0.2) is 61.9 Å². The van der Waals surface area contributed by atoms with E-state index in [0.29, 0.717) is 23.7 Å². The number of carbonyl (C=O) groups is 1. The molecular formula is C35H46ClN3O3. The number of nitrogens with zero attached hydrogens (tertiary/aromatic N) is 3. The van der Waals surface area contributed by atoms with Crippen molar-refractivity contribution in [1.29, 1.82) is 0 Å². The van der Waals surface area contributed by atoms with Crippen molar-refractivity contribution in [2.75, 3.05) is 44.3 Å². The van der Waals surface area contributed by atoms with Crippen LogP contribution in [0.4, 0.5) is 11.4 Å². The molecule has 5 rings (SSSR count). The Morgan fingerprint density at radius 3 is 2.33 bits per heavy atom. The van der Waals surface area contributed by atoms with Gasteiger partial charge in [-0.15, -0.1) is 12.4 Å². The Kier molecular flexibility index (Phi) is 9.77. The molecule has 0 bridgehead atoms. The Bertz CT molecular complexity index is 1370. The molecule has 42 heavy (non-hydrogen) atoms. The molecule has 2 heterocycles. The van der Waals surface area contributed by atoms with Crippen LogP contribution in [0.25, 0.3) is 10.4 Å². The van der Waals surface area contributed by atoms with Crippen LogP contribution in [0.3, 0.4) is 0 Å². The quantitative estimate of drug-likeness (QED) is 0.264. The van der Waals surface area contributed by atoms with Gasteiger partial charge >= 0.3 is 5.97 Å². The molecule has 6 nitrogen and oxygen atoms in total. The number of benzene rings is 2. The third-order valence-electron chi connectivity index (χ3n) is 9.07. The number of carbonyl (C=O) groups excluding carboxylic acids is 1. The van der Waals surface area contributed by atoms with Crippen molar-refractivity contribution in [3.63, 3.8) is 0 Å². The number of rotatable bonds is 6. The fourth-order valence-corrected chi connectivity index (χ4v) is 6.71. The lowest BCUT2D eigenvalue weighted by Crippen LogP contribution is -2.49. The maximum absolute atomic E-state index is 13.7. The maximum Gasteiger partial charge on any atom is 0.339 e. The summed E-state index contributed by atoms with van der Waals surface area (Å²) in [6.07, 6.45) is 3.96. The molecule has 0 amide bonds. The van der Waals surface area contributed by atoms with E-state index in [0.717, 1.165) is 62.5 Å². The van der Waals surface area contributed by atoms with Crippen LogP contribution < -0.4 is 4.90 Å². The van der Waals surface area contributed by atoms with Crippen LogP contribution in [-0.2, 0) is 32.5 Å². The first-order chi connectivity index (χ1) is 19.5. The molecule has 1 aliphatic carbocycles. The first-order valence-corrected chi connectivity index (χ1v) is 15.2. The lowest BCUT2D eigenvalue weighted by Gasteiger charge is -2.41. The van der Waals surface area contributed by atoms with Gasteiger partial charge in [-0.25, -0.2) is 9.64 Å². The van der Waals surface area contributed by atoms with Gasteiger partial charge in [-0.05, 0) is 80.3 Å². The smallest absolute Gasteiger partial charge is 0.339 e. The molecule has 0 radical (unpaired) electrons. The highest BCUT2D eigenvalue weighted by Gasteiger charge is 2.38. The number of hydrogen-bond acceptors (Lipinski definition) is 5. The van der Waals surface area contributed by atoms with Crippen LogP contribution in [0.15, 0.2) is 42.0 Å². The van der Waals surface area contributed by atoms with E-state index in [1.165, 1.54) is 29.7 Å². The molecule has 2 aliphatic heterocycles. The average molecular weight is 592 g/mol. The predicted octanol–water partition coefficient (Wildman–Crippen LogP) is 7.15. The second kappa shape index (κ2) is 12.8. The monoisotopic (exact) mass is 591 g/mol. The van der Waals surface area contributed by atoms with Gasteiger partial charge in [-0.2, -0.15) is 0 Å². The summed E-state index contributed by atoms with van der Waals surface area (Å²) in [5, 5.41) is 0. The van der Waals surface area contributed by atoms with Crippen molar-refractivity contribution >= 4 is 35.3 Å². The fraction of sp³-hybridized carbons (Fsp3) is 0.543. The molecule has 0 aromatic heterocycles. The van der Waals surface area contributed by atoms with E-state index in [1.54, 1.807) is 6.07 Å². The number of piperidine rings is 1. The molecule has 226 valence electrons. The normalized spacial score (nSPS) is 18.4. The number of halogens is 1. The Hall–Kier alpha value is -2.85. The summed E-state index contributed by atoms with van der Waals surface area (Å²) < 4.78 is 11.5. The molecule has 2 aromatic carbocycles. The van der Waals surface area contributed by atoms with Crippen LogP contribution >= 0.6 is 12.4 Å². The second-order valence-electron chi connectivity index (χ2n) is 13.2. The highest BCUT2D eigenvalue weighted by atomic mass is 35.5. The number of morpholine rings is 1. The lowest BCUT2D eigenvalue weighted by atomic mass is 9.75. The lowest BCUT2D eigenvalue weighted by molar-refractivity contribution is -0.147. The number of fused-ring (bicyclic) bond motifs is 1. The molecule has 0 N–H and O–H groups in total. The molecule has 2 saturated heterocycles. The van der Waals surface area contributed by atoms with E-state index in [4.69, 9.17) is 16.0 Å². The Morgan fingerprint density at radius 1 is 1.02 bits per heavy atom. The molecule has 0 unspecified atom stereocenters. The van der Waals surface area contributed by atoms with Gasteiger partial charge in [0.2, 0.25) is 0 Å². The van der Waals surface area contributed by atoms with Gasteiger partial charge in [-0.3, -0.25) is 4.90 Å². The average Bonchev–Trinajstić information content (AvgIpc) is 3.36. The molecule has 0 spiro atoms. The number of anilines is 1. The number of allylic oxidation sites excluding steroid dienone is 1. The van der Waals surface area contributed by atoms with Crippen molar-refractivity contribution in [2.45, 2.75) is 84.3 Å². The fourth-order valence-electron chi connectivity index (χ4n) is 6.71. The molecule has 7 heteroatoms. The van der Waals surface area contributed by atoms with Crippen molar-refractivity contribution in [3.05, 3.63) is 75.6 Å². The number of ether oxygens (including phenoxy) is 2. The zero-order valence-electron chi connectivity index (χ0n) is 26.1. The van der Waals surface area contributed by atoms with Crippen molar-refractivity contribution in [1.82, 2.24) is 4.90 Å². The van der Waals surface area contributed by atoms with Gasteiger partial charge in [0.1, 0.15) is 5.60 Å². The van der Waals surface area contributed by atoms with Gasteiger partial charge in [0.05, 0.1) is 25.4 Å². The van der Waals surface area contributed by atoms with E-state index in [9.17, 15) is 4.79 Å². The molecule has 0 saturated carbocycles. The first-order valence-electron chi connectivity index (χ1n) is 15.2. The van der Waals surface area contributed by atoms with Crippen LogP contribution in [0.5, 0.6) is 0 Å². The Morgan fingerprint density at radius 2 is 1.71 bits per heavy atom. The summed E-state index contributed by atoms with van der Waals surface area (Å²) in [6, 6.07) is 13.2. The predicted molar refractivity (Wildman–Crippen MR) is 173 cm³/mol. The van der Waals surface area contributed by atoms with Crippen molar-refractivity contribution in [2.24, 2.45) is 0 Å². The van der Waals surface area contributed by atoms with Crippen LogP contribution in [0.2, 0.25) is 0 Å². The molecular weight excluding hydrogens is 546 g/mol. The largest absolute Gasteiger partial charge is 0.456 e. The molecule has 3 aliphatic rings. The van der Waals surface area contributed by atoms with Gasteiger partial charge in [0, 0.05) is 43.3 Å². The third kappa shape index (κ3) is 6.54. The highest BCUT2D eigenvalue weighted by Crippen LogP contribution is 2.46. The zero-order chi connectivity index (χ0) is 29.4. The molecule has 2 fully saturated rings. The summed E-state index contributed by atoms with van der Waals surface area (Å²) in [6.45, 7) is 25.8. The summed E-state index contributed by atoms with van der Waals surface area (Å²) in [5.41, 5.74) is 7.13. The van der Waals surface area contributed by atoms with E-state index >= 15 is 0 Å².